The zero-order chi connectivity index (χ0) is 20.1. The largest absolute Gasteiger partial charge is 0.489 e. The number of hydrogen-bond donors (Lipinski definition) is 1. The van der Waals surface area contributed by atoms with E-state index in [1.165, 1.54) is 0 Å². The number of carbonyl (C=O) groups is 1. The summed E-state index contributed by atoms with van der Waals surface area (Å²) in [6.45, 7) is 7.60. The number of benzene rings is 2. The minimum Gasteiger partial charge on any atom is -0.489 e. The number of nitrogens with zero attached hydrogens (tertiary/aromatic N) is 2. The summed E-state index contributed by atoms with van der Waals surface area (Å²) in [5.74, 6) is 0.675. The van der Waals surface area contributed by atoms with Crippen molar-refractivity contribution in [1.29, 1.82) is 0 Å². The molecule has 0 radical (unpaired) electrons. The van der Waals surface area contributed by atoms with E-state index in [1.54, 1.807) is 6.20 Å². The van der Waals surface area contributed by atoms with Crippen molar-refractivity contribution in [3.05, 3.63) is 81.6 Å². The Kier molecular flexibility index (Phi) is 6.37. The maximum atomic E-state index is 12.4. The van der Waals surface area contributed by atoms with Gasteiger partial charge in [-0.15, -0.1) is 0 Å². The summed E-state index contributed by atoms with van der Waals surface area (Å²) in [6, 6.07) is 13.2. The van der Waals surface area contributed by atoms with Crippen molar-refractivity contribution in [3.8, 4) is 5.75 Å². The topological polar surface area (TPSA) is 56.2 Å². The summed E-state index contributed by atoms with van der Waals surface area (Å²) < 4.78 is 7.72. The fourth-order valence-corrected chi connectivity index (χ4v) is 3.09. The van der Waals surface area contributed by atoms with Gasteiger partial charge in [-0.2, -0.15) is 5.10 Å². The summed E-state index contributed by atoms with van der Waals surface area (Å²) in [5.41, 5.74) is 4.57. The SMILES string of the molecule is CCn1nccc1CNC(=O)c1ccc(COc2cc(C)c(Cl)c(C)c2)cc1. The van der Waals surface area contributed by atoms with E-state index in [1.807, 2.05) is 67.9 Å². The number of amides is 1. The molecule has 3 rings (SSSR count). The Morgan fingerprint density at radius 3 is 2.46 bits per heavy atom. The van der Waals surface area contributed by atoms with Crippen molar-refractivity contribution in [3.63, 3.8) is 0 Å². The Morgan fingerprint density at radius 2 is 1.82 bits per heavy atom. The van der Waals surface area contributed by atoms with E-state index in [4.69, 9.17) is 16.3 Å². The third-order valence-electron chi connectivity index (χ3n) is 4.57. The molecule has 0 atom stereocenters. The van der Waals surface area contributed by atoms with Crippen LogP contribution in [0.15, 0.2) is 48.7 Å². The number of carbonyl (C=O) groups excluding carboxylic acids is 1. The molecule has 1 amide bonds. The fraction of sp³-hybridized carbons (Fsp3) is 0.273. The van der Waals surface area contributed by atoms with E-state index in [2.05, 4.69) is 10.4 Å². The Bertz CT molecular complexity index is 941. The van der Waals surface area contributed by atoms with E-state index in [0.29, 0.717) is 18.7 Å². The molecular weight excluding hydrogens is 374 g/mol. The van der Waals surface area contributed by atoms with Gasteiger partial charge in [0.25, 0.3) is 5.91 Å². The quantitative estimate of drug-likeness (QED) is 0.629. The molecule has 0 aliphatic rings. The van der Waals surface area contributed by atoms with Gasteiger partial charge in [-0.3, -0.25) is 9.48 Å². The summed E-state index contributed by atoms with van der Waals surface area (Å²) in [5, 5.41) is 7.90. The van der Waals surface area contributed by atoms with Crippen LogP contribution in [0.1, 0.15) is 39.7 Å². The van der Waals surface area contributed by atoms with Crippen molar-refractivity contribution in [2.24, 2.45) is 0 Å². The maximum Gasteiger partial charge on any atom is 0.251 e. The molecule has 6 heteroatoms. The summed E-state index contributed by atoms with van der Waals surface area (Å²) in [7, 11) is 0. The first-order chi connectivity index (χ1) is 13.5. The zero-order valence-electron chi connectivity index (χ0n) is 16.3. The van der Waals surface area contributed by atoms with Gasteiger partial charge in [-0.05, 0) is 67.8 Å². The maximum absolute atomic E-state index is 12.4. The molecular formula is C22H24ClN3O2. The minimum absolute atomic E-state index is 0.111. The average molecular weight is 398 g/mol. The van der Waals surface area contributed by atoms with Crippen molar-refractivity contribution >= 4 is 17.5 Å². The van der Waals surface area contributed by atoms with Gasteiger partial charge in [0.2, 0.25) is 0 Å². The van der Waals surface area contributed by atoms with E-state index in [0.717, 1.165) is 39.7 Å². The van der Waals surface area contributed by atoms with Gasteiger partial charge in [-0.1, -0.05) is 23.7 Å². The molecule has 5 nitrogen and oxygen atoms in total. The Labute approximate surface area is 170 Å². The number of nitrogens with one attached hydrogen (secondary N) is 1. The number of rotatable bonds is 7. The monoisotopic (exact) mass is 397 g/mol. The van der Waals surface area contributed by atoms with Crippen LogP contribution in [0.25, 0.3) is 0 Å². The molecule has 2 aromatic carbocycles. The molecule has 0 saturated heterocycles. The van der Waals surface area contributed by atoms with E-state index < -0.39 is 0 Å². The first-order valence-corrected chi connectivity index (χ1v) is 9.63. The first kappa shape index (κ1) is 20.0. The lowest BCUT2D eigenvalue weighted by atomic mass is 10.1. The van der Waals surface area contributed by atoms with Crippen LogP contribution in [-0.2, 0) is 19.7 Å². The van der Waals surface area contributed by atoms with Crippen LogP contribution in [-0.4, -0.2) is 15.7 Å². The summed E-state index contributed by atoms with van der Waals surface area (Å²) in [4.78, 5) is 12.4. The molecule has 0 unspecified atom stereocenters. The number of hydrogen-bond acceptors (Lipinski definition) is 3. The van der Waals surface area contributed by atoms with Crippen molar-refractivity contribution < 1.29 is 9.53 Å². The third-order valence-corrected chi connectivity index (χ3v) is 5.16. The van der Waals surface area contributed by atoms with E-state index in [-0.39, 0.29) is 5.91 Å². The molecule has 28 heavy (non-hydrogen) atoms. The van der Waals surface area contributed by atoms with E-state index >= 15 is 0 Å². The summed E-state index contributed by atoms with van der Waals surface area (Å²) >= 11 is 6.19. The summed E-state index contributed by atoms with van der Waals surface area (Å²) in [6.07, 6.45) is 1.74. The van der Waals surface area contributed by atoms with Crippen LogP contribution in [0.4, 0.5) is 0 Å². The molecule has 1 heterocycles. The standard InChI is InChI=1S/C22H24ClN3O2/c1-4-26-19(9-10-25-26)13-24-22(27)18-7-5-17(6-8-18)14-28-20-11-15(2)21(23)16(3)12-20/h5-12H,4,13-14H2,1-3H3,(H,24,27). The second-order valence-electron chi connectivity index (χ2n) is 6.68. The van der Waals surface area contributed by atoms with Gasteiger partial charge >= 0.3 is 0 Å². The van der Waals surface area contributed by atoms with E-state index in [9.17, 15) is 4.79 Å². The Hall–Kier alpha value is -2.79. The van der Waals surface area contributed by atoms with Gasteiger partial charge in [0.1, 0.15) is 12.4 Å². The molecule has 0 saturated carbocycles. The van der Waals surface area contributed by atoms with Crippen LogP contribution in [0.3, 0.4) is 0 Å². The smallest absolute Gasteiger partial charge is 0.251 e. The van der Waals surface area contributed by atoms with Gasteiger partial charge in [-0.25, -0.2) is 0 Å². The number of ether oxygens (including phenoxy) is 1. The molecule has 0 fully saturated rings. The predicted molar refractivity (Wildman–Crippen MR) is 111 cm³/mol. The normalized spacial score (nSPS) is 10.7. The average Bonchev–Trinajstić information content (AvgIpc) is 3.16. The fourth-order valence-electron chi connectivity index (χ4n) is 2.98. The lowest BCUT2D eigenvalue weighted by Crippen LogP contribution is -2.24. The second-order valence-corrected chi connectivity index (χ2v) is 7.06. The number of aryl methyl sites for hydroxylation is 3. The van der Waals surface area contributed by atoms with Gasteiger partial charge < -0.3 is 10.1 Å². The van der Waals surface area contributed by atoms with Crippen LogP contribution >= 0.6 is 11.6 Å². The minimum atomic E-state index is -0.111. The number of halogens is 1. The zero-order valence-corrected chi connectivity index (χ0v) is 17.1. The third kappa shape index (κ3) is 4.73. The van der Waals surface area contributed by atoms with Crippen molar-refractivity contribution in [2.75, 3.05) is 0 Å². The lowest BCUT2D eigenvalue weighted by molar-refractivity contribution is 0.0950. The predicted octanol–water partition coefficient (Wildman–Crippen LogP) is 4.68. The second kappa shape index (κ2) is 8.93. The molecule has 0 aliphatic heterocycles. The highest BCUT2D eigenvalue weighted by Crippen LogP contribution is 2.26. The van der Waals surface area contributed by atoms with Gasteiger partial charge in [0.15, 0.2) is 0 Å². The van der Waals surface area contributed by atoms with Crippen LogP contribution in [0, 0.1) is 13.8 Å². The Balaban J connectivity index is 1.56. The highest BCUT2D eigenvalue weighted by atomic mass is 35.5. The lowest BCUT2D eigenvalue weighted by Gasteiger charge is -2.11. The molecule has 0 bridgehead atoms. The molecule has 3 aromatic rings. The molecule has 1 N–H and O–H groups in total. The van der Waals surface area contributed by atoms with Crippen LogP contribution in [0.5, 0.6) is 5.75 Å². The molecule has 0 spiro atoms. The van der Waals surface area contributed by atoms with Gasteiger partial charge in [0.05, 0.1) is 12.2 Å². The first-order valence-electron chi connectivity index (χ1n) is 9.25. The van der Waals surface area contributed by atoms with Crippen LogP contribution in [0.2, 0.25) is 5.02 Å². The van der Waals surface area contributed by atoms with Gasteiger partial charge in [0, 0.05) is 23.3 Å². The molecule has 0 aliphatic carbocycles. The van der Waals surface area contributed by atoms with Crippen LogP contribution < -0.4 is 10.1 Å². The van der Waals surface area contributed by atoms with Crippen molar-refractivity contribution in [1.82, 2.24) is 15.1 Å². The number of aromatic nitrogens is 2. The molecule has 146 valence electrons. The highest BCUT2D eigenvalue weighted by molar-refractivity contribution is 6.32. The molecule has 1 aromatic heterocycles. The highest BCUT2D eigenvalue weighted by Gasteiger charge is 2.08. The Morgan fingerprint density at radius 1 is 1.14 bits per heavy atom. The van der Waals surface area contributed by atoms with Crippen molar-refractivity contribution in [2.45, 2.75) is 40.5 Å².